The fourth-order valence-electron chi connectivity index (χ4n) is 1.84. The van der Waals surface area contributed by atoms with Crippen LogP contribution in [-0.4, -0.2) is 24.4 Å². The average molecular weight is 395 g/mol. The van der Waals surface area contributed by atoms with Crippen LogP contribution in [-0.2, 0) is 4.74 Å². The van der Waals surface area contributed by atoms with Gasteiger partial charge >= 0.3 is 5.97 Å². The highest BCUT2D eigenvalue weighted by atomic mass is 127. The van der Waals surface area contributed by atoms with E-state index >= 15 is 0 Å². The van der Waals surface area contributed by atoms with Crippen LogP contribution < -0.4 is 0 Å². The number of ether oxygens (including phenoxy) is 1. The van der Waals surface area contributed by atoms with Crippen LogP contribution in [0.1, 0.15) is 21.5 Å². The first-order chi connectivity index (χ1) is 10.0. The molecule has 2 aromatic rings. The molecular formula is C16H14INO3. The molecule has 1 N–H and O–H groups in total. The second-order valence-corrected chi connectivity index (χ2v) is 5.57. The van der Waals surface area contributed by atoms with E-state index in [1.807, 2.05) is 19.1 Å². The van der Waals surface area contributed by atoms with E-state index in [2.05, 4.69) is 27.6 Å². The van der Waals surface area contributed by atoms with Gasteiger partial charge in [0, 0.05) is 6.21 Å². The van der Waals surface area contributed by atoms with Crippen LogP contribution in [0, 0.1) is 10.5 Å². The molecule has 0 aromatic heterocycles. The number of rotatable bonds is 3. The highest BCUT2D eigenvalue weighted by Gasteiger charge is 2.10. The molecule has 0 atom stereocenters. The molecule has 0 radical (unpaired) electrons. The van der Waals surface area contributed by atoms with Crippen LogP contribution in [0.4, 0.5) is 5.69 Å². The standard InChI is InChI=1S/C16H14INO3/c1-10-12(16(20)21-2)4-3-5-14(10)18-9-11-6-7-15(19)13(17)8-11/h3-9,19H,1-2H3. The number of esters is 1. The van der Waals surface area contributed by atoms with Crippen LogP contribution in [0.25, 0.3) is 0 Å². The van der Waals surface area contributed by atoms with Crippen LogP contribution in [0.5, 0.6) is 5.75 Å². The molecule has 21 heavy (non-hydrogen) atoms. The lowest BCUT2D eigenvalue weighted by Gasteiger charge is -2.06. The normalized spacial score (nSPS) is 10.8. The van der Waals surface area contributed by atoms with Gasteiger partial charge in [-0.3, -0.25) is 4.99 Å². The molecule has 0 aliphatic carbocycles. The van der Waals surface area contributed by atoms with Crippen molar-refractivity contribution < 1.29 is 14.6 Å². The third kappa shape index (κ3) is 3.60. The Labute approximate surface area is 136 Å². The maximum Gasteiger partial charge on any atom is 0.338 e. The maximum absolute atomic E-state index is 11.6. The van der Waals surface area contributed by atoms with E-state index in [0.29, 0.717) is 11.3 Å². The summed E-state index contributed by atoms with van der Waals surface area (Å²) in [7, 11) is 1.36. The van der Waals surface area contributed by atoms with Gasteiger partial charge in [0.15, 0.2) is 0 Å². The number of carbonyl (C=O) groups excluding carboxylic acids is 1. The van der Waals surface area contributed by atoms with E-state index < -0.39 is 0 Å². The van der Waals surface area contributed by atoms with Gasteiger partial charge < -0.3 is 9.84 Å². The molecule has 0 aliphatic rings. The Balaban J connectivity index is 2.33. The molecule has 0 spiro atoms. The Kier molecular flexibility index (Phi) is 4.95. The van der Waals surface area contributed by atoms with Gasteiger partial charge in [0.25, 0.3) is 0 Å². The smallest absolute Gasteiger partial charge is 0.338 e. The van der Waals surface area contributed by atoms with E-state index in [1.165, 1.54) is 7.11 Å². The number of methoxy groups -OCH3 is 1. The Morgan fingerprint density at radius 3 is 2.76 bits per heavy atom. The predicted octanol–water partition coefficient (Wildman–Crippen LogP) is 3.84. The summed E-state index contributed by atoms with van der Waals surface area (Å²) in [5.41, 5.74) is 2.86. The minimum absolute atomic E-state index is 0.247. The number of phenols is 1. The van der Waals surface area contributed by atoms with Crippen molar-refractivity contribution in [3.05, 3.63) is 56.7 Å². The molecule has 0 amide bonds. The van der Waals surface area contributed by atoms with Crippen molar-refractivity contribution in [3.8, 4) is 5.75 Å². The predicted molar refractivity (Wildman–Crippen MR) is 90.6 cm³/mol. The van der Waals surface area contributed by atoms with Crippen molar-refractivity contribution in [1.82, 2.24) is 0 Å². The molecule has 0 heterocycles. The molecule has 108 valence electrons. The molecule has 0 aliphatic heterocycles. The second kappa shape index (κ2) is 6.71. The third-order valence-corrected chi connectivity index (χ3v) is 3.90. The number of nitrogens with zero attached hydrogens (tertiary/aromatic N) is 1. The van der Waals surface area contributed by atoms with Crippen LogP contribution in [0.2, 0.25) is 0 Å². The molecule has 0 saturated heterocycles. The lowest BCUT2D eigenvalue weighted by molar-refractivity contribution is 0.0600. The third-order valence-electron chi connectivity index (χ3n) is 3.03. The molecule has 0 fully saturated rings. The van der Waals surface area contributed by atoms with Crippen molar-refractivity contribution in [3.63, 3.8) is 0 Å². The fourth-order valence-corrected chi connectivity index (χ4v) is 2.38. The zero-order chi connectivity index (χ0) is 15.4. The molecule has 0 unspecified atom stereocenters. The lowest BCUT2D eigenvalue weighted by Crippen LogP contribution is -2.03. The van der Waals surface area contributed by atoms with Crippen molar-refractivity contribution in [2.45, 2.75) is 6.92 Å². The molecule has 0 saturated carbocycles. The molecule has 2 aromatic carbocycles. The van der Waals surface area contributed by atoms with Gasteiger partial charge in [0.05, 0.1) is 21.9 Å². The molecular weight excluding hydrogens is 381 g/mol. The summed E-state index contributed by atoms with van der Waals surface area (Å²) in [6.45, 7) is 1.83. The summed E-state index contributed by atoms with van der Waals surface area (Å²) in [4.78, 5) is 16.0. The van der Waals surface area contributed by atoms with Crippen molar-refractivity contribution >= 4 is 40.5 Å². The zero-order valence-corrected chi connectivity index (χ0v) is 13.8. The molecule has 2 rings (SSSR count). The van der Waals surface area contributed by atoms with Gasteiger partial charge in [-0.15, -0.1) is 0 Å². The van der Waals surface area contributed by atoms with Crippen LogP contribution >= 0.6 is 22.6 Å². The highest BCUT2D eigenvalue weighted by Crippen LogP contribution is 2.23. The van der Waals surface area contributed by atoms with Crippen molar-refractivity contribution in [2.24, 2.45) is 4.99 Å². The largest absolute Gasteiger partial charge is 0.507 e. The number of hydrogen-bond acceptors (Lipinski definition) is 4. The minimum Gasteiger partial charge on any atom is -0.507 e. The van der Waals surface area contributed by atoms with E-state index in [4.69, 9.17) is 4.74 Å². The van der Waals surface area contributed by atoms with E-state index in [0.717, 1.165) is 14.7 Å². The van der Waals surface area contributed by atoms with Gasteiger partial charge in [-0.2, -0.15) is 0 Å². The summed E-state index contributed by atoms with van der Waals surface area (Å²) in [6.07, 6.45) is 1.70. The first-order valence-corrected chi connectivity index (χ1v) is 7.31. The quantitative estimate of drug-likeness (QED) is 0.488. The molecule has 5 heteroatoms. The Morgan fingerprint density at radius 2 is 2.10 bits per heavy atom. The number of halogens is 1. The van der Waals surface area contributed by atoms with Gasteiger partial charge in [-0.05, 0) is 71.0 Å². The summed E-state index contributed by atoms with van der Waals surface area (Å²) in [6, 6.07) is 10.6. The summed E-state index contributed by atoms with van der Waals surface area (Å²) >= 11 is 2.06. The zero-order valence-electron chi connectivity index (χ0n) is 11.6. The van der Waals surface area contributed by atoms with Gasteiger partial charge in [0.2, 0.25) is 0 Å². The van der Waals surface area contributed by atoms with E-state index in [-0.39, 0.29) is 11.7 Å². The summed E-state index contributed by atoms with van der Waals surface area (Å²) in [5, 5.41) is 9.49. The van der Waals surface area contributed by atoms with Crippen molar-refractivity contribution in [2.75, 3.05) is 7.11 Å². The lowest BCUT2D eigenvalue weighted by atomic mass is 10.1. The molecule has 0 bridgehead atoms. The van der Waals surface area contributed by atoms with Gasteiger partial charge in [-0.25, -0.2) is 4.79 Å². The average Bonchev–Trinajstić information content (AvgIpc) is 2.49. The Bertz CT molecular complexity index is 711. The molecule has 4 nitrogen and oxygen atoms in total. The number of aliphatic imine (C=N–C) groups is 1. The Morgan fingerprint density at radius 1 is 1.33 bits per heavy atom. The Hall–Kier alpha value is -1.89. The van der Waals surface area contributed by atoms with E-state index in [1.54, 1.807) is 30.5 Å². The topological polar surface area (TPSA) is 58.9 Å². The SMILES string of the molecule is COC(=O)c1cccc(N=Cc2ccc(O)c(I)c2)c1C. The van der Waals surface area contributed by atoms with Crippen molar-refractivity contribution in [1.29, 1.82) is 0 Å². The first kappa shape index (κ1) is 15.5. The van der Waals surface area contributed by atoms with Crippen LogP contribution in [0.15, 0.2) is 41.4 Å². The number of aromatic hydroxyl groups is 1. The van der Waals surface area contributed by atoms with Gasteiger partial charge in [0.1, 0.15) is 5.75 Å². The number of carbonyl (C=O) groups is 1. The van der Waals surface area contributed by atoms with Crippen LogP contribution in [0.3, 0.4) is 0 Å². The fraction of sp³-hybridized carbons (Fsp3) is 0.125. The number of phenolic OH excluding ortho intramolecular Hbond substituents is 1. The number of benzene rings is 2. The maximum atomic E-state index is 11.6. The number of hydrogen-bond donors (Lipinski definition) is 1. The van der Waals surface area contributed by atoms with Gasteiger partial charge in [-0.1, -0.05) is 6.07 Å². The second-order valence-electron chi connectivity index (χ2n) is 4.41. The minimum atomic E-state index is -0.372. The highest BCUT2D eigenvalue weighted by molar-refractivity contribution is 14.1. The summed E-state index contributed by atoms with van der Waals surface area (Å²) in [5.74, 6) is -0.125. The summed E-state index contributed by atoms with van der Waals surface area (Å²) < 4.78 is 5.50. The monoisotopic (exact) mass is 395 g/mol. The van der Waals surface area contributed by atoms with E-state index in [9.17, 15) is 9.90 Å². The first-order valence-electron chi connectivity index (χ1n) is 6.23.